The standard InChI is InChI=1S/C11H13NO2S/c1-8(14)12-4-2-3-9-5-10(7-13)15-11(9)6-12/h5,7H,2-4,6H2,1H3. The molecule has 0 fully saturated rings. The number of aldehydes is 1. The van der Waals surface area contributed by atoms with E-state index in [0.29, 0.717) is 6.54 Å². The van der Waals surface area contributed by atoms with Crippen molar-refractivity contribution >= 4 is 23.5 Å². The number of carbonyl (C=O) groups is 2. The molecule has 0 radical (unpaired) electrons. The first-order valence-electron chi connectivity index (χ1n) is 5.03. The Balaban J connectivity index is 2.27. The van der Waals surface area contributed by atoms with E-state index in [4.69, 9.17) is 0 Å². The molecule has 0 aliphatic carbocycles. The second kappa shape index (κ2) is 4.14. The summed E-state index contributed by atoms with van der Waals surface area (Å²) in [5.74, 6) is 0.115. The van der Waals surface area contributed by atoms with Crippen LogP contribution in [0, 0.1) is 0 Å². The van der Waals surface area contributed by atoms with E-state index in [1.165, 1.54) is 21.8 Å². The molecule has 0 atom stereocenters. The highest BCUT2D eigenvalue weighted by Crippen LogP contribution is 2.26. The molecule has 0 saturated carbocycles. The number of aryl methyl sites for hydroxylation is 1. The number of rotatable bonds is 1. The third-order valence-electron chi connectivity index (χ3n) is 2.69. The number of amides is 1. The van der Waals surface area contributed by atoms with Crippen molar-refractivity contribution in [1.82, 2.24) is 4.90 Å². The van der Waals surface area contributed by atoms with Crippen LogP contribution in [0.25, 0.3) is 0 Å². The molecule has 2 rings (SSSR count). The van der Waals surface area contributed by atoms with Crippen LogP contribution < -0.4 is 0 Å². The third-order valence-corrected chi connectivity index (χ3v) is 3.77. The lowest BCUT2D eigenvalue weighted by molar-refractivity contribution is -0.129. The number of thiophene rings is 1. The number of nitrogens with zero attached hydrogens (tertiary/aromatic N) is 1. The maximum absolute atomic E-state index is 11.3. The summed E-state index contributed by atoms with van der Waals surface area (Å²) in [6.07, 6.45) is 2.85. The summed E-state index contributed by atoms with van der Waals surface area (Å²) < 4.78 is 0. The van der Waals surface area contributed by atoms with Crippen LogP contribution in [0.4, 0.5) is 0 Å². The van der Waals surface area contributed by atoms with Gasteiger partial charge in [-0.15, -0.1) is 11.3 Å². The van der Waals surface area contributed by atoms with Crippen LogP contribution in [0.2, 0.25) is 0 Å². The second-order valence-corrected chi connectivity index (χ2v) is 4.93. The third kappa shape index (κ3) is 2.09. The molecule has 0 bridgehead atoms. The first-order valence-corrected chi connectivity index (χ1v) is 5.84. The van der Waals surface area contributed by atoms with Gasteiger partial charge in [-0.3, -0.25) is 9.59 Å². The molecule has 0 saturated heterocycles. The van der Waals surface area contributed by atoms with Crippen molar-refractivity contribution in [3.63, 3.8) is 0 Å². The molecular weight excluding hydrogens is 210 g/mol. The van der Waals surface area contributed by atoms with Crippen LogP contribution in [0.15, 0.2) is 6.07 Å². The van der Waals surface area contributed by atoms with Crippen molar-refractivity contribution in [2.75, 3.05) is 6.54 Å². The first-order chi connectivity index (χ1) is 7.20. The zero-order valence-electron chi connectivity index (χ0n) is 8.66. The van der Waals surface area contributed by atoms with Crippen LogP contribution in [0.5, 0.6) is 0 Å². The van der Waals surface area contributed by atoms with E-state index >= 15 is 0 Å². The molecule has 1 aliphatic heterocycles. The SMILES string of the molecule is CC(=O)N1CCCc2cc(C=O)sc2C1. The molecule has 1 amide bonds. The van der Waals surface area contributed by atoms with E-state index in [-0.39, 0.29) is 5.91 Å². The summed E-state index contributed by atoms with van der Waals surface area (Å²) in [6, 6.07) is 1.95. The molecule has 0 unspecified atom stereocenters. The Morgan fingerprint density at radius 1 is 1.60 bits per heavy atom. The molecule has 80 valence electrons. The highest BCUT2D eigenvalue weighted by atomic mass is 32.1. The lowest BCUT2D eigenvalue weighted by Gasteiger charge is -2.17. The quantitative estimate of drug-likeness (QED) is 0.681. The molecule has 0 spiro atoms. The average molecular weight is 223 g/mol. The predicted molar refractivity (Wildman–Crippen MR) is 59.1 cm³/mol. The van der Waals surface area contributed by atoms with E-state index in [2.05, 4.69) is 0 Å². The summed E-state index contributed by atoms with van der Waals surface area (Å²) in [7, 11) is 0. The molecule has 3 nitrogen and oxygen atoms in total. The molecule has 2 heterocycles. The maximum Gasteiger partial charge on any atom is 0.219 e. The number of carbonyl (C=O) groups excluding carboxylic acids is 2. The van der Waals surface area contributed by atoms with Crippen molar-refractivity contribution in [2.24, 2.45) is 0 Å². The molecule has 4 heteroatoms. The van der Waals surface area contributed by atoms with E-state index < -0.39 is 0 Å². The van der Waals surface area contributed by atoms with Gasteiger partial charge in [-0.1, -0.05) is 0 Å². The minimum absolute atomic E-state index is 0.115. The van der Waals surface area contributed by atoms with Crippen molar-refractivity contribution in [2.45, 2.75) is 26.3 Å². The normalized spacial score (nSPS) is 15.7. The lowest BCUT2D eigenvalue weighted by Crippen LogP contribution is -2.27. The molecule has 1 aromatic rings. The lowest BCUT2D eigenvalue weighted by atomic mass is 10.1. The van der Waals surface area contributed by atoms with Gasteiger partial charge in [-0.25, -0.2) is 0 Å². The summed E-state index contributed by atoms with van der Waals surface area (Å²) in [5, 5.41) is 0. The van der Waals surface area contributed by atoms with Crippen molar-refractivity contribution < 1.29 is 9.59 Å². The number of hydrogen-bond donors (Lipinski definition) is 0. The Kier molecular flexibility index (Phi) is 2.86. The van der Waals surface area contributed by atoms with E-state index in [1.807, 2.05) is 11.0 Å². The maximum atomic E-state index is 11.3. The van der Waals surface area contributed by atoms with Crippen molar-refractivity contribution in [3.05, 3.63) is 21.4 Å². The number of fused-ring (bicyclic) bond motifs is 1. The average Bonchev–Trinajstić information content (AvgIpc) is 2.49. The van der Waals surface area contributed by atoms with Gasteiger partial charge in [-0.2, -0.15) is 0 Å². The van der Waals surface area contributed by atoms with Crippen LogP contribution in [0.3, 0.4) is 0 Å². The molecule has 15 heavy (non-hydrogen) atoms. The van der Waals surface area contributed by atoms with Gasteiger partial charge in [0.2, 0.25) is 5.91 Å². The monoisotopic (exact) mass is 223 g/mol. The zero-order valence-corrected chi connectivity index (χ0v) is 9.47. The smallest absolute Gasteiger partial charge is 0.219 e. The highest BCUT2D eigenvalue weighted by Gasteiger charge is 2.18. The van der Waals surface area contributed by atoms with Crippen LogP contribution in [0.1, 0.15) is 33.5 Å². The fourth-order valence-corrected chi connectivity index (χ4v) is 2.92. The minimum Gasteiger partial charge on any atom is -0.338 e. The Hall–Kier alpha value is -1.16. The van der Waals surface area contributed by atoms with Crippen molar-refractivity contribution in [1.29, 1.82) is 0 Å². The molecule has 1 aliphatic rings. The van der Waals surface area contributed by atoms with E-state index in [1.54, 1.807) is 6.92 Å². The van der Waals surface area contributed by atoms with E-state index in [0.717, 1.165) is 30.5 Å². The molecular formula is C11H13NO2S. The second-order valence-electron chi connectivity index (χ2n) is 3.76. The van der Waals surface area contributed by atoms with Crippen LogP contribution >= 0.6 is 11.3 Å². The largest absolute Gasteiger partial charge is 0.338 e. The van der Waals surface area contributed by atoms with Gasteiger partial charge >= 0.3 is 0 Å². The van der Waals surface area contributed by atoms with Gasteiger partial charge in [0.05, 0.1) is 11.4 Å². The van der Waals surface area contributed by atoms with Gasteiger partial charge in [-0.05, 0) is 24.5 Å². The first kappa shape index (κ1) is 10.4. The summed E-state index contributed by atoms with van der Waals surface area (Å²) in [4.78, 5) is 25.7. The molecule has 0 N–H and O–H groups in total. The zero-order chi connectivity index (χ0) is 10.8. The highest BCUT2D eigenvalue weighted by molar-refractivity contribution is 7.13. The Morgan fingerprint density at radius 2 is 2.40 bits per heavy atom. The topological polar surface area (TPSA) is 37.4 Å². The van der Waals surface area contributed by atoms with Gasteiger partial charge in [0.15, 0.2) is 6.29 Å². The van der Waals surface area contributed by atoms with Crippen LogP contribution in [-0.2, 0) is 17.8 Å². The fraction of sp³-hybridized carbons (Fsp3) is 0.455. The molecule has 1 aromatic heterocycles. The van der Waals surface area contributed by atoms with Gasteiger partial charge in [0, 0.05) is 18.3 Å². The summed E-state index contributed by atoms with van der Waals surface area (Å²) in [5.41, 5.74) is 1.24. The Bertz CT molecular complexity index is 397. The van der Waals surface area contributed by atoms with Gasteiger partial charge < -0.3 is 4.90 Å². The predicted octanol–water partition coefficient (Wildman–Crippen LogP) is 1.86. The van der Waals surface area contributed by atoms with Crippen molar-refractivity contribution in [3.8, 4) is 0 Å². The van der Waals surface area contributed by atoms with Gasteiger partial charge in [0.1, 0.15) is 0 Å². The Labute approximate surface area is 92.7 Å². The summed E-state index contributed by atoms with van der Waals surface area (Å²) in [6.45, 7) is 3.09. The summed E-state index contributed by atoms with van der Waals surface area (Å²) >= 11 is 1.51. The Morgan fingerprint density at radius 3 is 3.07 bits per heavy atom. The van der Waals surface area contributed by atoms with E-state index in [9.17, 15) is 9.59 Å². The molecule has 0 aromatic carbocycles. The van der Waals surface area contributed by atoms with Crippen LogP contribution in [-0.4, -0.2) is 23.6 Å². The van der Waals surface area contributed by atoms with Gasteiger partial charge in [0.25, 0.3) is 0 Å². The fourth-order valence-electron chi connectivity index (χ4n) is 1.87. The minimum atomic E-state index is 0.115. The number of hydrogen-bond acceptors (Lipinski definition) is 3.